The number of nitrogens with two attached hydrogens (primary N) is 1. The van der Waals surface area contributed by atoms with Crippen LogP contribution in [0.4, 0.5) is 0 Å². The molecule has 2 aliphatic carbocycles. The number of primary sulfonamides is 1. The van der Waals surface area contributed by atoms with Gasteiger partial charge in [-0.3, -0.25) is 4.57 Å². The maximum absolute atomic E-state index is 11.3. The number of aromatic nitrogens is 1. The maximum Gasteiger partial charge on any atom is 0.238 e. The molecular weight excluding hydrogens is 304 g/mol. The predicted octanol–water partition coefficient (Wildman–Crippen LogP) is 1.90. The van der Waals surface area contributed by atoms with Crippen LogP contribution in [-0.4, -0.2) is 23.2 Å². The summed E-state index contributed by atoms with van der Waals surface area (Å²) in [6, 6.07) is 5.78. The Hall–Kier alpha value is -1.99. The minimum atomic E-state index is -3.76. The van der Waals surface area contributed by atoms with Crippen LogP contribution in [-0.2, 0) is 10.0 Å². The number of benzene rings is 1. The Morgan fingerprint density at radius 1 is 1.00 bits per heavy atom. The van der Waals surface area contributed by atoms with Gasteiger partial charge in [0.1, 0.15) is 0 Å². The van der Waals surface area contributed by atoms with Gasteiger partial charge in [0.2, 0.25) is 21.8 Å². The summed E-state index contributed by atoms with van der Waals surface area (Å²) in [7, 11) is -3.76. The Morgan fingerprint density at radius 3 is 1.95 bits per heavy atom. The van der Waals surface area contributed by atoms with E-state index in [9.17, 15) is 18.6 Å². The van der Waals surface area contributed by atoms with Crippen molar-refractivity contribution in [2.24, 2.45) is 5.14 Å². The van der Waals surface area contributed by atoms with E-state index in [1.807, 2.05) is 0 Å². The van der Waals surface area contributed by atoms with Gasteiger partial charge < -0.3 is 10.2 Å². The fourth-order valence-electron chi connectivity index (χ4n) is 3.92. The highest BCUT2D eigenvalue weighted by Crippen LogP contribution is 2.60. The summed E-state index contributed by atoms with van der Waals surface area (Å²) in [6.07, 6.45) is 3.08. The first-order valence-electron chi connectivity index (χ1n) is 7.17. The summed E-state index contributed by atoms with van der Waals surface area (Å²) in [5.41, 5.74) is 2.21. The van der Waals surface area contributed by atoms with Gasteiger partial charge in [0, 0.05) is 11.1 Å². The zero-order chi connectivity index (χ0) is 15.6. The first kappa shape index (κ1) is 13.7. The molecule has 0 radical (unpaired) electrons. The van der Waals surface area contributed by atoms with Crippen molar-refractivity contribution in [1.29, 1.82) is 0 Å². The van der Waals surface area contributed by atoms with Gasteiger partial charge in [-0.05, 0) is 55.4 Å². The molecule has 0 spiro atoms. The first-order chi connectivity index (χ1) is 10.4. The van der Waals surface area contributed by atoms with Gasteiger partial charge in [-0.1, -0.05) is 0 Å². The van der Waals surface area contributed by atoms with E-state index in [1.165, 1.54) is 28.8 Å². The summed E-state index contributed by atoms with van der Waals surface area (Å²) in [5, 5.41) is 26.1. The van der Waals surface area contributed by atoms with Crippen LogP contribution in [0.15, 0.2) is 29.2 Å². The number of hydrogen-bond donors (Lipinski definition) is 3. The van der Waals surface area contributed by atoms with Gasteiger partial charge in [0.25, 0.3) is 0 Å². The zero-order valence-corrected chi connectivity index (χ0v) is 12.5. The number of hydrogen-bond acceptors (Lipinski definition) is 4. The number of fused-ring (bicyclic) bond motifs is 5. The van der Waals surface area contributed by atoms with Gasteiger partial charge >= 0.3 is 0 Å². The number of nitrogens with zero attached hydrogens (tertiary/aromatic N) is 1. The standard InChI is InChI=1S/C15H16N2O4S/c16-22(20,21)11-5-3-10(4-6-11)17-14(18)12-8-1-2-9(7-8)13(12)15(17)19/h3-6,8-9,18-19H,1-2,7H2,(H2,16,20,21)/t8-,9+. The molecule has 116 valence electrons. The Kier molecular flexibility index (Phi) is 2.65. The molecule has 1 aromatic carbocycles. The van der Waals surface area contributed by atoms with Gasteiger partial charge in [0.05, 0.1) is 10.6 Å². The molecule has 2 aliphatic rings. The summed E-state index contributed by atoms with van der Waals surface area (Å²) in [4.78, 5) is -0.00463. The van der Waals surface area contributed by atoms with Gasteiger partial charge in [-0.25, -0.2) is 13.6 Å². The van der Waals surface area contributed by atoms with Crippen LogP contribution in [0.1, 0.15) is 42.2 Å². The Balaban J connectivity index is 1.85. The SMILES string of the molecule is NS(=O)(=O)c1ccc(-n2c(O)c3c(c2O)[C@H]2CC[C@@H]3C2)cc1. The molecule has 0 amide bonds. The fraction of sp³-hybridized carbons (Fsp3) is 0.333. The maximum atomic E-state index is 11.3. The van der Waals surface area contributed by atoms with Crippen molar-refractivity contribution in [1.82, 2.24) is 4.57 Å². The molecule has 4 rings (SSSR count). The zero-order valence-electron chi connectivity index (χ0n) is 11.7. The number of aromatic hydroxyl groups is 2. The summed E-state index contributed by atoms with van der Waals surface area (Å²) in [5.74, 6) is 0.748. The third kappa shape index (κ3) is 1.72. The minimum absolute atomic E-state index is 0.00463. The highest BCUT2D eigenvalue weighted by atomic mass is 32.2. The lowest BCUT2D eigenvalue weighted by atomic mass is 9.95. The molecule has 1 aromatic heterocycles. The average molecular weight is 320 g/mol. The van der Waals surface area contributed by atoms with E-state index < -0.39 is 10.0 Å². The monoisotopic (exact) mass is 320 g/mol. The average Bonchev–Trinajstić information content (AvgIpc) is 3.12. The summed E-state index contributed by atoms with van der Waals surface area (Å²) >= 11 is 0. The van der Waals surface area contributed by atoms with Crippen LogP contribution < -0.4 is 5.14 Å². The van der Waals surface area contributed by atoms with Crippen LogP contribution in [0.5, 0.6) is 11.8 Å². The molecule has 0 saturated heterocycles. The van der Waals surface area contributed by atoms with Crippen molar-refractivity contribution >= 4 is 10.0 Å². The highest BCUT2D eigenvalue weighted by Gasteiger charge is 2.44. The lowest BCUT2D eigenvalue weighted by Crippen LogP contribution is -2.12. The van der Waals surface area contributed by atoms with E-state index in [0.29, 0.717) is 17.5 Å². The van der Waals surface area contributed by atoms with Crippen molar-refractivity contribution < 1.29 is 18.6 Å². The smallest absolute Gasteiger partial charge is 0.238 e. The molecule has 2 bridgehead atoms. The molecule has 6 nitrogen and oxygen atoms in total. The normalized spacial score (nSPS) is 23.0. The highest BCUT2D eigenvalue weighted by molar-refractivity contribution is 7.89. The second-order valence-electron chi connectivity index (χ2n) is 6.06. The number of rotatable bonds is 2. The molecule has 1 fully saturated rings. The van der Waals surface area contributed by atoms with E-state index in [0.717, 1.165) is 30.4 Å². The van der Waals surface area contributed by atoms with Crippen LogP contribution in [0.25, 0.3) is 5.69 Å². The second-order valence-corrected chi connectivity index (χ2v) is 7.62. The van der Waals surface area contributed by atoms with Gasteiger partial charge in [-0.15, -0.1) is 0 Å². The van der Waals surface area contributed by atoms with Crippen LogP contribution in [0.2, 0.25) is 0 Å². The third-order valence-electron chi connectivity index (χ3n) is 4.87. The lowest BCUT2D eigenvalue weighted by molar-refractivity contribution is 0.394. The van der Waals surface area contributed by atoms with Crippen molar-refractivity contribution in [2.45, 2.75) is 36.0 Å². The van der Waals surface area contributed by atoms with Gasteiger partial charge in [-0.2, -0.15) is 0 Å². The lowest BCUT2D eigenvalue weighted by Gasteiger charge is -2.10. The first-order valence-corrected chi connectivity index (χ1v) is 8.72. The van der Waals surface area contributed by atoms with Crippen LogP contribution in [0, 0.1) is 0 Å². The molecule has 1 heterocycles. The minimum Gasteiger partial charge on any atom is -0.494 e. The predicted molar refractivity (Wildman–Crippen MR) is 79.8 cm³/mol. The van der Waals surface area contributed by atoms with Crippen molar-refractivity contribution in [3.05, 3.63) is 35.4 Å². The molecule has 2 aromatic rings. The molecular formula is C15H16N2O4S. The Bertz CT molecular complexity index is 834. The molecule has 7 heteroatoms. The van der Waals surface area contributed by atoms with Crippen molar-refractivity contribution in [3.8, 4) is 17.4 Å². The van der Waals surface area contributed by atoms with Gasteiger partial charge in [0.15, 0.2) is 0 Å². The summed E-state index contributed by atoms with van der Waals surface area (Å²) < 4.78 is 24.0. The third-order valence-corrected chi connectivity index (χ3v) is 5.80. The quantitative estimate of drug-likeness (QED) is 0.785. The van der Waals surface area contributed by atoms with Crippen LogP contribution >= 0.6 is 0 Å². The molecule has 0 aliphatic heterocycles. The van der Waals surface area contributed by atoms with E-state index in [1.54, 1.807) is 0 Å². The van der Waals surface area contributed by atoms with Crippen LogP contribution in [0.3, 0.4) is 0 Å². The largest absolute Gasteiger partial charge is 0.494 e. The Morgan fingerprint density at radius 2 is 1.50 bits per heavy atom. The van der Waals surface area contributed by atoms with E-state index in [2.05, 4.69) is 0 Å². The van der Waals surface area contributed by atoms with E-state index >= 15 is 0 Å². The van der Waals surface area contributed by atoms with E-state index in [-0.39, 0.29) is 16.7 Å². The molecule has 0 unspecified atom stereocenters. The Labute approximate surface area is 127 Å². The molecule has 2 atom stereocenters. The fourth-order valence-corrected chi connectivity index (χ4v) is 4.44. The van der Waals surface area contributed by atoms with Crippen molar-refractivity contribution in [3.63, 3.8) is 0 Å². The van der Waals surface area contributed by atoms with Crippen molar-refractivity contribution in [2.75, 3.05) is 0 Å². The molecule has 4 N–H and O–H groups in total. The molecule has 22 heavy (non-hydrogen) atoms. The second kappa shape index (κ2) is 4.27. The molecule has 1 saturated carbocycles. The topological polar surface area (TPSA) is 106 Å². The summed E-state index contributed by atoms with van der Waals surface area (Å²) in [6.45, 7) is 0. The van der Waals surface area contributed by atoms with E-state index in [4.69, 9.17) is 5.14 Å². The number of sulfonamides is 1.